The van der Waals surface area contributed by atoms with Crippen LogP contribution in [0, 0.1) is 5.41 Å². The van der Waals surface area contributed by atoms with E-state index in [0.717, 1.165) is 38.0 Å². The van der Waals surface area contributed by atoms with E-state index in [1.54, 1.807) is 0 Å². The molecule has 1 aliphatic rings. The van der Waals surface area contributed by atoms with Gasteiger partial charge in [0, 0.05) is 19.1 Å². The molecule has 0 bridgehead atoms. The molecule has 1 fully saturated rings. The zero-order valence-electron chi connectivity index (χ0n) is 15.0. The van der Waals surface area contributed by atoms with Crippen LogP contribution in [0.15, 0.2) is 24.3 Å². The summed E-state index contributed by atoms with van der Waals surface area (Å²) < 4.78 is 0. The lowest BCUT2D eigenvalue weighted by Gasteiger charge is -2.31. The Morgan fingerprint density at radius 1 is 1.29 bits per heavy atom. The van der Waals surface area contributed by atoms with E-state index in [-0.39, 0.29) is 17.6 Å². The van der Waals surface area contributed by atoms with Crippen LogP contribution >= 0.6 is 0 Å². The highest BCUT2D eigenvalue weighted by atomic mass is 16.4. The van der Waals surface area contributed by atoms with Crippen molar-refractivity contribution in [3.63, 3.8) is 0 Å². The fourth-order valence-electron chi connectivity index (χ4n) is 3.17. The number of aliphatic hydroxyl groups excluding tert-OH is 1. The third-order valence-electron chi connectivity index (χ3n) is 4.69. The van der Waals surface area contributed by atoms with Crippen LogP contribution in [0.5, 0.6) is 0 Å². The molecule has 1 aromatic rings. The summed E-state index contributed by atoms with van der Waals surface area (Å²) in [6, 6.07) is 8.25. The smallest absolute Gasteiger partial charge is 0.404 e. The van der Waals surface area contributed by atoms with Gasteiger partial charge in [-0.2, -0.15) is 0 Å². The molecule has 1 heterocycles. The van der Waals surface area contributed by atoms with Gasteiger partial charge >= 0.3 is 6.09 Å². The molecule has 134 valence electrons. The Morgan fingerprint density at radius 3 is 2.46 bits per heavy atom. The maximum atomic E-state index is 11.0. The van der Waals surface area contributed by atoms with E-state index in [1.807, 2.05) is 20.8 Å². The van der Waals surface area contributed by atoms with Gasteiger partial charge in [-0.15, -0.1) is 0 Å². The van der Waals surface area contributed by atoms with Crippen LogP contribution in [0.2, 0.25) is 0 Å². The van der Waals surface area contributed by atoms with Crippen molar-refractivity contribution in [1.29, 1.82) is 0 Å². The molecule has 1 saturated heterocycles. The van der Waals surface area contributed by atoms with Crippen LogP contribution in [-0.4, -0.2) is 46.4 Å². The number of carboxylic acid groups (broad SMARTS) is 1. The zero-order chi connectivity index (χ0) is 17.7. The first-order valence-electron chi connectivity index (χ1n) is 8.72. The molecule has 1 aromatic carbocycles. The molecule has 3 N–H and O–H groups in total. The van der Waals surface area contributed by atoms with Crippen LogP contribution < -0.4 is 5.32 Å². The van der Waals surface area contributed by atoms with E-state index < -0.39 is 6.09 Å². The second-order valence-electron chi connectivity index (χ2n) is 7.92. The Hall–Kier alpha value is -1.59. The summed E-state index contributed by atoms with van der Waals surface area (Å²) in [5.41, 5.74) is 2.22. The quantitative estimate of drug-likeness (QED) is 0.774. The van der Waals surface area contributed by atoms with E-state index in [2.05, 4.69) is 34.5 Å². The van der Waals surface area contributed by atoms with Crippen molar-refractivity contribution < 1.29 is 15.0 Å². The number of β-amino-alcohol motifs (C(OH)–C–C–N with tert-alkyl or cyclic N) is 1. The lowest BCUT2D eigenvalue weighted by Crippen LogP contribution is -2.44. The van der Waals surface area contributed by atoms with Crippen molar-refractivity contribution in [1.82, 2.24) is 10.2 Å². The van der Waals surface area contributed by atoms with Crippen LogP contribution in [0.4, 0.5) is 4.79 Å². The number of hydrogen-bond donors (Lipinski definition) is 3. The average molecular weight is 334 g/mol. The standard InChI is InChI=1S/C19H30N2O3/c1-19(2,3)17(20-18(23)24)11-14-6-8-15(9-7-14)12-21-10-4-5-16(22)13-21/h6-9,16-17,20,22H,4-5,10-13H2,1-3H3,(H,23,24). The molecule has 2 atom stereocenters. The number of nitrogens with zero attached hydrogens (tertiary/aromatic N) is 1. The summed E-state index contributed by atoms with van der Waals surface area (Å²) >= 11 is 0. The molecule has 2 rings (SSSR count). The molecule has 2 unspecified atom stereocenters. The van der Waals surface area contributed by atoms with Gasteiger partial charge in [-0.05, 0) is 42.3 Å². The van der Waals surface area contributed by atoms with E-state index in [0.29, 0.717) is 6.42 Å². The predicted molar refractivity (Wildman–Crippen MR) is 95.1 cm³/mol. The van der Waals surface area contributed by atoms with Crippen LogP contribution in [-0.2, 0) is 13.0 Å². The van der Waals surface area contributed by atoms with Crippen LogP contribution in [0.3, 0.4) is 0 Å². The van der Waals surface area contributed by atoms with Gasteiger partial charge < -0.3 is 15.5 Å². The SMILES string of the molecule is CC(C)(C)C(Cc1ccc(CN2CCCC(O)C2)cc1)NC(=O)O. The number of hydrogen-bond acceptors (Lipinski definition) is 3. The summed E-state index contributed by atoms with van der Waals surface area (Å²) in [6.07, 6.45) is 1.45. The Labute approximate surface area is 144 Å². The Bertz CT molecular complexity index is 537. The monoisotopic (exact) mass is 334 g/mol. The fraction of sp³-hybridized carbons (Fsp3) is 0.632. The fourth-order valence-corrected chi connectivity index (χ4v) is 3.17. The molecule has 5 heteroatoms. The summed E-state index contributed by atoms with van der Waals surface area (Å²) in [5.74, 6) is 0. The molecule has 24 heavy (non-hydrogen) atoms. The molecule has 1 aliphatic heterocycles. The number of rotatable bonds is 5. The highest BCUT2D eigenvalue weighted by Crippen LogP contribution is 2.23. The average Bonchev–Trinajstić information content (AvgIpc) is 2.47. The second-order valence-corrected chi connectivity index (χ2v) is 7.92. The third-order valence-corrected chi connectivity index (χ3v) is 4.69. The highest BCUT2D eigenvalue weighted by molar-refractivity contribution is 5.65. The van der Waals surface area contributed by atoms with Gasteiger partial charge in [-0.3, -0.25) is 4.90 Å². The molecule has 1 amide bonds. The number of carbonyl (C=O) groups is 1. The van der Waals surface area contributed by atoms with E-state index in [9.17, 15) is 9.90 Å². The largest absolute Gasteiger partial charge is 0.465 e. The molecule has 0 radical (unpaired) electrons. The van der Waals surface area contributed by atoms with Crippen molar-refractivity contribution in [3.05, 3.63) is 35.4 Å². The molecule has 5 nitrogen and oxygen atoms in total. The van der Waals surface area contributed by atoms with Gasteiger partial charge in [0.25, 0.3) is 0 Å². The molecular weight excluding hydrogens is 304 g/mol. The van der Waals surface area contributed by atoms with Gasteiger partial charge in [-0.25, -0.2) is 4.79 Å². The lowest BCUT2D eigenvalue weighted by atomic mass is 9.83. The number of benzene rings is 1. The lowest BCUT2D eigenvalue weighted by molar-refractivity contribution is 0.0668. The first-order chi connectivity index (χ1) is 11.2. The maximum absolute atomic E-state index is 11.0. The number of piperidine rings is 1. The summed E-state index contributed by atoms with van der Waals surface area (Å²) in [4.78, 5) is 13.3. The minimum absolute atomic E-state index is 0.127. The highest BCUT2D eigenvalue weighted by Gasteiger charge is 2.26. The van der Waals surface area contributed by atoms with E-state index >= 15 is 0 Å². The van der Waals surface area contributed by atoms with Crippen molar-refractivity contribution in [3.8, 4) is 0 Å². The topological polar surface area (TPSA) is 72.8 Å². The third kappa shape index (κ3) is 5.80. The predicted octanol–water partition coefficient (Wildman–Crippen LogP) is 2.87. The first kappa shape index (κ1) is 18.7. The normalized spacial score (nSPS) is 20.6. The summed E-state index contributed by atoms with van der Waals surface area (Å²) in [5, 5.41) is 21.4. The van der Waals surface area contributed by atoms with Crippen molar-refractivity contribution in [2.75, 3.05) is 13.1 Å². The van der Waals surface area contributed by atoms with Gasteiger partial charge in [0.2, 0.25) is 0 Å². The van der Waals surface area contributed by atoms with Gasteiger partial charge in [0.15, 0.2) is 0 Å². The van der Waals surface area contributed by atoms with Gasteiger partial charge in [0.1, 0.15) is 0 Å². The van der Waals surface area contributed by atoms with Crippen molar-refractivity contribution in [2.24, 2.45) is 5.41 Å². The minimum atomic E-state index is -0.977. The minimum Gasteiger partial charge on any atom is -0.465 e. The molecule has 0 aromatic heterocycles. The summed E-state index contributed by atoms with van der Waals surface area (Å²) in [6.45, 7) is 8.77. The number of amides is 1. The molecule has 0 spiro atoms. The zero-order valence-corrected chi connectivity index (χ0v) is 15.0. The number of aliphatic hydroxyl groups is 1. The van der Waals surface area contributed by atoms with Crippen molar-refractivity contribution in [2.45, 2.75) is 58.7 Å². The Morgan fingerprint density at radius 2 is 1.92 bits per heavy atom. The number of likely N-dealkylation sites (tertiary alicyclic amines) is 1. The van der Waals surface area contributed by atoms with Crippen LogP contribution in [0.1, 0.15) is 44.7 Å². The second kappa shape index (κ2) is 7.99. The van der Waals surface area contributed by atoms with Crippen LogP contribution in [0.25, 0.3) is 0 Å². The number of nitrogens with one attached hydrogen (secondary N) is 1. The van der Waals surface area contributed by atoms with E-state index in [4.69, 9.17) is 5.11 Å². The van der Waals surface area contributed by atoms with Gasteiger partial charge in [0.05, 0.1) is 6.10 Å². The maximum Gasteiger partial charge on any atom is 0.404 e. The molecule has 0 aliphatic carbocycles. The van der Waals surface area contributed by atoms with Gasteiger partial charge in [-0.1, -0.05) is 45.0 Å². The molecule has 0 saturated carbocycles. The Balaban J connectivity index is 1.96. The first-order valence-corrected chi connectivity index (χ1v) is 8.72. The van der Waals surface area contributed by atoms with E-state index in [1.165, 1.54) is 5.56 Å². The summed E-state index contributed by atoms with van der Waals surface area (Å²) in [7, 11) is 0. The molecular formula is C19H30N2O3. The Kier molecular flexibility index (Phi) is 6.24. The van der Waals surface area contributed by atoms with Crippen molar-refractivity contribution >= 4 is 6.09 Å².